The fourth-order valence-corrected chi connectivity index (χ4v) is 1.33. The Morgan fingerprint density at radius 3 is 2.00 bits per heavy atom. The average molecular weight is 408 g/mol. The maximum absolute atomic E-state index is 5.18. The van der Waals surface area contributed by atoms with Crippen molar-refractivity contribution in [3.8, 4) is 0 Å². The van der Waals surface area contributed by atoms with E-state index in [9.17, 15) is 0 Å². The van der Waals surface area contributed by atoms with Gasteiger partial charge in [0.2, 0.25) is 0 Å². The third-order valence-electron chi connectivity index (χ3n) is 2.37. The van der Waals surface area contributed by atoms with Crippen molar-refractivity contribution >= 4 is 0 Å². The molecule has 0 aliphatic heterocycles. The first-order valence-electron chi connectivity index (χ1n) is 5.34. The van der Waals surface area contributed by atoms with Crippen molar-refractivity contribution in [2.75, 3.05) is 7.11 Å². The number of ether oxygens (including phenoxy) is 1. The number of hydrogen-bond acceptors (Lipinski definition) is 1. The molecule has 1 atom stereocenters. The van der Waals surface area contributed by atoms with Crippen molar-refractivity contribution < 1.29 is 44.8 Å². The van der Waals surface area contributed by atoms with E-state index in [0.717, 1.165) is 0 Å². The number of unbranched alkanes of at least 4 members (excludes halogenated alkanes) is 5. The molecule has 0 aromatic carbocycles. The van der Waals surface area contributed by atoms with Crippen LogP contribution < -0.4 is 12.4 Å². The zero-order valence-electron chi connectivity index (χ0n) is 10.0. The van der Waals surface area contributed by atoms with E-state index in [1.807, 2.05) is 0 Å². The molecule has 0 amide bonds. The molecule has 1 nitrogen and oxygen atoms in total. The molecule has 0 N–H and O–H groups in total. The third kappa shape index (κ3) is 15.6. The fourth-order valence-electron chi connectivity index (χ4n) is 1.33. The van der Waals surface area contributed by atoms with Crippen LogP contribution in [0, 0.1) is 0 Å². The van der Waals surface area contributed by atoms with Crippen LogP contribution in [0.5, 0.6) is 0 Å². The molecule has 0 saturated carbocycles. The minimum Gasteiger partial charge on any atom is -1.00 e. The summed E-state index contributed by atoms with van der Waals surface area (Å²) in [6, 6.07) is 0. The van der Waals surface area contributed by atoms with Gasteiger partial charge in [-0.2, -0.15) is 0 Å². The first-order chi connectivity index (χ1) is 5.81. The maximum atomic E-state index is 5.18. The predicted octanol–water partition coefficient (Wildman–Crippen LogP) is 0.773. The molecule has 0 aromatic rings. The van der Waals surface area contributed by atoms with E-state index < -0.39 is 0 Å². The number of halogens is 1. The molecule has 14 heavy (non-hydrogen) atoms. The van der Waals surface area contributed by atoms with Crippen molar-refractivity contribution in [3.63, 3.8) is 0 Å². The van der Waals surface area contributed by atoms with Crippen LogP contribution in [-0.4, -0.2) is 13.2 Å². The van der Waals surface area contributed by atoms with E-state index in [2.05, 4.69) is 13.8 Å². The SMILES string of the molecule is CCCCCCCCC(C)OC.[Cl-].[Hg+]. The largest absolute Gasteiger partial charge is 1.00 e. The van der Waals surface area contributed by atoms with Gasteiger partial charge in [-0.1, -0.05) is 45.4 Å². The summed E-state index contributed by atoms with van der Waals surface area (Å²) in [6.45, 7) is 4.40. The summed E-state index contributed by atoms with van der Waals surface area (Å²) in [4.78, 5) is 0. The summed E-state index contributed by atoms with van der Waals surface area (Å²) in [7, 11) is 1.79. The molecular weight excluding hydrogens is 384 g/mol. The van der Waals surface area contributed by atoms with Crippen molar-refractivity contribution in [2.45, 2.75) is 64.9 Å². The van der Waals surface area contributed by atoms with Gasteiger partial charge in [0.1, 0.15) is 0 Å². The van der Waals surface area contributed by atoms with Crippen LogP contribution in [0.4, 0.5) is 0 Å². The maximum Gasteiger partial charge on any atom is 1.00 e. The van der Waals surface area contributed by atoms with E-state index in [1.54, 1.807) is 7.11 Å². The van der Waals surface area contributed by atoms with Crippen LogP contribution in [0.1, 0.15) is 58.8 Å². The van der Waals surface area contributed by atoms with Gasteiger partial charge >= 0.3 is 27.7 Å². The second-order valence-electron chi connectivity index (χ2n) is 3.60. The zero-order valence-corrected chi connectivity index (χ0v) is 16.3. The van der Waals surface area contributed by atoms with Crippen LogP contribution in [0.25, 0.3) is 0 Å². The molecule has 0 aromatic heterocycles. The van der Waals surface area contributed by atoms with Gasteiger partial charge in [0.25, 0.3) is 0 Å². The Hall–Kier alpha value is 1.19. The molecule has 0 aliphatic rings. The fraction of sp³-hybridized carbons (Fsp3) is 1.00. The smallest absolute Gasteiger partial charge is 1.00 e. The molecule has 0 rings (SSSR count). The monoisotopic (exact) mass is 409 g/mol. The average Bonchev–Trinajstić information content (AvgIpc) is 2.10. The van der Waals surface area contributed by atoms with Gasteiger partial charge in [-0.3, -0.25) is 0 Å². The third-order valence-corrected chi connectivity index (χ3v) is 2.37. The first-order valence-corrected chi connectivity index (χ1v) is 5.34. The molecule has 1 radical (unpaired) electrons. The van der Waals surface area contributed by atoms with E-state index >= 15 is 0 Å². The van der Waals surface area contributed by atoms with Crippen molar-refractivity contribution in [2.24, 2.45) is 0 Å². The van der Waals surface area contributed by atoms with Crippen molar-refractivity contribution in [3.05, 3.63) is 0 Å². The Bertz CT molecular complexity index is 91.4. The molecule has 0 saturated heterocycles. The quantitative estimate of drug-likeness (QED) is 0.426. The van der Waals surface area contributed by atoms with E-state index in [-0.39, 0.29) is 40.1 Å². The van der Waals surface area contributed by atoms with E-state index in [0.29, 0.717) is 6.10 Å². The Balaban J connectivity index is -0.000000605. The molecule has 0 fully saturated rings. The summed E-state index contributed by atoms with van der Waals surface area (Å²) >= 11 is 0. The minimum absolute atomic E-state index is 0. The van der Waals surface area contributed by atoms with Gasteiger partial charge in [0, 0.05) is 7.11 Å². The van der Waals surface area contributed by atoms with Gasteiger partial charge in [0.05, 0.1) is 6.10 Å². The molecule has 0 spiro atoms. The number of methoxy groups -OCH3 is 1. The summed E-state index contributed by atoms with van der Waals surface area (Å²) in [5.74, 6) is 0. The van der Waals surface area contributed by atoms with Crippen molar-refractivity contribution in [1.82, 2.24) is 0 Å². The Labute approximate surface area is 116 Å². The summed E-state index contributed by atoms with van der Waals surface area (Å²) in [5, 5.41) is 0. The van der Waals surface area contributed by atoms with Gasteiger partial charge in [-0.05, 0) is 13.3 Å². The molecule has 0 bridgehead atoms. The summed E-state index contributed by atoms with van der Waals surface area (Å²) < 4.78 is 5.18. The van der Waals surface area contributed by atoms with Crippen LogP contribution in [0.2, 0.25) is 0 Å². The molecule has 1 unspecified atom stereocenters. The Morgan fingerprint density at radius 2 is 1.50 bits per heavy atom. The second kappa shape index (κ2) is 16.6. The predicted molar refractivity (Wildman–Crippen MR) is 54.5 cm³/mol. The molecule has 3 heteroatoms. The summed E-state index contributed by atoms with van der Waals surface area (Å²) in [6.07, 6.45) is 9.96. The van der Waals surface area contributed by atoms with E-state index in [1.165, 1.54) is 44.9 Å². The van der Waals surface area contributed by atoms with Gasteiger partial charge < -0.3 is 17.1 Å². The van der Waals surface area contributed by atoms with Crippen LogP contribution >= 0.6 is 0 Å². The summed E-state index contributed by atoms with van der Waals surface area (Å²) in [5.41, 5.74) is 0. The standard InChI is InChI=1S/C11H24O.ClH.Hg/c1-4-5-6-7-8-9-10-11(2)12-3;;/h11H,4-10H2,1-3H3;1H;/q;;+1/p-1. The van der Waals surface area contributed by atoms with Gasteiger partial charge in [-0.25, -0.2) is 0 Å². The van der Waals surface area contributed by atoms with Crippen LogP contribution in [0.3, 0.4) is 0 Å². The number of hydrogen-bond donors (Lipinski definition) is 0. The zero-order chi connectivity index (χ0) is 9.23. The van der Waals surface area contributed by atoms with Gasteiger partial charge in [0.15, 0.2) is 0 Å². The first kappa shape index (κ1) is 20.6. The molecule has 83 valence electrons. The van der Waals surface area contributed by atoms with Crippen LogP contribution in [-0.2, 0) is 32.4 Å². The van der Waals surface area contributed by atoms with Crippen LogP contribution in [0.15, 0.2) is 0 Å². The Kier molecular flexibility index (Phi) is 24.4. The molecule has 0 aliphatic carbocycles. The normalized spacial score (nSPS) is 11.4. The number of rotatable bonds is 8. The second-order valence-corrected chi connectivity index (χ2v) is 3.60. The van der Waals surface area contributed by atoms with Crippen molar-refractivity contribution in [1.29, 1.82) is 0 Å². The minimum atomic E-state index is 0. The van der Waals surface area contributed by atoms with E-state index in [4.69, 9.17) is 4.74 Å². The molecule has 0 heterocycles. The topological polar surface area (TPSA) is 9.23 Å². The van der Waals surface area contributed by atoms with Gasteiger partial charge in [-0.15, -0.1) is 0 Å². The molecular formula is C11H24ClHgO. The Morgan fingerprint density at radius 1 is 1.00 bits per heavy atom.